The lowest BCUT2D eigenvalue weighted by Crippen LogP contribution is -2.27. The van der Waals surface area contributed by atoms with Crippen molar-refractivity contribution in [2.75, 3.05) is 32.8 Å². The molecule has 8 nitrogen and oxygen atoms in total. The van der Waals surface area contributed by atoms with Crippen molar-refractivity contribution < 1.29 is 28.5 Å². The molecule has 0 spiro atoms. The van der Waals surface area contributed by atoms with Crippen LogP contribution in [0.1, 0.15) is 29.9 Å². The number of amides is 1. The summed E-state index contributed by atoms with van der Waals surface area (Å²) < 4.78 is 21.0. The van der Waals surface area contributed by atoms with Gasteiger partial charge in [0.15, 0.2) is 16.6 Å². The second kappa shape index (κ2) is 9.22. The van der Waals surface area contributed by atoms with Gasteiger partial charge in [0.2, 0.25) is 11.7 Å². The molecular formula is C18H22N2O6S. The Labute approximate surface area is 161 Å². The minimum atomic E-state index is -0.553. The molecule has 0 radical (unpaired) electrons. The number of nitrogens with zero attached hydrogens (tertiary/aromatic N) is 2. The van der Waals surface area contributed by atoms with Crippen LogP contribution in [0.2, 0.25) is 0 Å². The molecule has 0 N–H and O–H groups in total. The predicted molar refractivity (Wildman–Crippen MR) is 101 cm³/mol. The molecule has 0 aliphatic carbocycles. The molecule has 146 valence electrons. The van der Waals surface area contributed by atoms with Crippen molar-refractivity contribution in [2.24, 2.45) is 0 Å². The lowest BCUT2D eigenvalue weighted by atomic mass is 10.2. The number of thiazole rings is 1. The largest absolute Gasteiger partial charge is 0.493 e. The zero-order chi connectivity index (χ0) is 20.0. The van der Waals surface area contributed by atoms with Crippen LogP contribution in [0.25, 0.3) is 0 Å². The number of esters is 1. The van der Waals surface area contributed by atoms with Gasteiger partial charge in [0.1, 0.15) is 6.61 Å². The first-order chi connectivity index (χ1) is 12.9. The van der Waals surface area contributed by atoms with Crippen LogP contribution in [0.4, 0.5) is 5.13 Å². The Morgan fingerprint density at radius 2 is 1.74 bits per heavy atom. The first-order valence-corrected chi connectivity index (χ1v) is 9.02. The van der Waals surface area contributed by atoms with Gasteiger partial charge in [0.25, 0.3) is 0 Å². The molecule has 0 aliphatic rings. The van der Waals surface area contributed by atoms with Gasteiger partial charge in [0, 0.05) is 18.8 Å². The molecule has 0 unspecified atom stereocenters. The van der Waals surface area contributed by atoms with Gasteiger partial charge in [0.05, 0.1) is 32.6 Å². The Balaban J connectivity index is 2.12. The highest BCUT2D eigenvalue weighted by atomic mass is 32.1. The maximum atomic E-state index is 12.4. The van der Waals surface area contributed by atoms with Crippen molar-refractivity contribution in [3.8, 4) is 17.2 Å². The molecule has 1 amide bonds. The first-order valence-electron chi connectivity index (χ1n) is 8.14. The fourth-order valence-corrected chi connectivity index (χ4v) is 3.32. The lowest BCUT2D eigenvalue weighted by Gasteiger charge is -2.14. The van der Waals surface area contributed by atoms with Crippen LogP contribution in [-0.2, 0) is 16.1 Å². The molecule has 1 aromatic heterocycles. The SMILES string of the molecule is CCN(C(C)=O)c1nc(COC(=O)c2cc(OC)c(OC)c(OC)c2)cs1. The van der Waals surface area contributed by atoms with Crippen LogP contribution in [0.15, 0.2) is 17.5 Å². The van der Waals surface area contributed by atoms with Crippen molar-refractivity contribution in [3.05, 3.63) is 28.8 Å². The highest BCUT2D eigenvalue weighted by Crippen LogP contribution is 2.38. The molecule has 2 aromatic rings. The number of ether oxygens (including phenoxy) is 4. The first kappa shape index (κ1) is 20.5. The fraction of sp³-hybridized carbons (Fsp3) is 0.389. The summed E-state index contributed by atoms with van der Waals surface area (Å²) in [7, 11) is 4.42. The van der Waals surface area contributed by atoms with E-state index >= 15 is 0 Å². The Kier molecular flexibility index (Phi) is 7.00. The van der Waals surface area contributed by atoms with Gasteiger partial charge >= 0.3 is 5.97 Å². The van der Waals surface area contributed by atoms with Gasteiger partial charge in [-0.25, -0.2) is 9.78 Å². The van der Waals surface area contributed by atoms with Crippen LogP contribution >= 0.6 is 11.3 Å². The number of methoxy groups -OCH3 is 3. The molecular weight excluding hydrogens is 372 g/mol. The molecule has 0 fully saturated rings. The van der Waals surface area contributed by atoms with Gasteiger partial charge < -0.3 is 18.9 Å². The van der Waals surface area contributed by atoms with Crippen LogP contribution < -0.4 is 19.1 Å². The van der Waals surface area contributed by atoms with Gasteiger partial charge in [-0.3, -0.25) is 9.69 Å². The molecule has 0 saturated heterocycles. The number of aromatic nitrogens is 1. The Morgan fingerprint density at radius 3 is 2.22 bits per heavy atom. The predicted octanol–water partition coefficient (Wildman–Crippen LogP) is 2.90. The maximum absolute atomic E-state index is 12.4. The quantitative estimate of drug-likeness (QED) is 0.636. The standard InChI is InChI=1S/C18H22N2O6S/c1-6-20(11(2)21)18-19-13(10-27-18)9-26-17(22)12-7-14(23-3)16(25-5)15(8-12)24-4/h7-8,10H,6,9H2,1-5H3. The van der Waals surface area contributed by atoms with Crippen molar-refractivity contribution >= 4 is 28.3 Å². The molecule has 2 rings (SSSR count). The summed E-state index contributed by atoms with van der Waals surface area (Å²) in [6, 6.07) is 3.04. The Hall–Kier alpha value is -2.81. The monoisotopic (exact) mass is 394 g/mol. The highest BCUT2D eigenvalue weighted by Gasteiger charge is 2.19. The van der Waals surface area contributed by atoms with E-state index < -0.39 is 5.97 Å². The van der Waals surface area contributed by atoms with E-state index in [2.05, 4.69) is 4.98 Å². The fourth-order valence-electron chi connectivity index (χ4n) is 2.40. The van der Waals surface area contributed by atoms with Gasteiger partial charge in [-0.1, -0.05) is 0 Å². The van der Waals surface area contributed by atoms with Crippen molar-refractivity contribution in [1.82, 2.24) is 4.98 Å². The number of rotatable bonds is 8. The summed E-state index contributed by atoms with van der Waals surface area (Å²) in [6.07, 6.45) is 0. The zero-order valence-corrected chi connectivity index (χ0v) is 16.7. The molecule has 0 saturated carbocycles. The summed E-state index contributed by atoms with van der Waals surface area (Å²) in [5.74, 6) is 0.472. The minimum absolute atomic E-state index is 0.0124. The summed E-state index contributed by atoms with van der Waals surface area (Å²) in [4.78, 5) is 29.9. The Morgan fingerprint density at radius 1 is 1.11 bits per heavy atom. The third kappa shape index (κ3) is 4.68. The number of benzene rings is 1. The second-order valence-electron chi connectivity index (χ2n) is 5.37. The molecule has 9 heteroatoms. The molecule has 0 bridgehead atoms. The third-order valence-corrected chi connectivity index (χ3v) is 4.63. The van der Waals surface area contributed by atoms with E-state index in [-0.39, 0.29) is 18.1 Å². The molecule has 1 heterocycles. The molecule has 0 atom stereocenters. The highest BCUT2D eigenvalue weighted by molar-refractivity contribution is 7.14. The normalized spacial score (nSPS) is 10.3. The Bertz CT molecular complexity index is 795. The number of carbonyl (C=O) groups excluding carboxylic acids is 2. The summed E-state index contributed by atoms with van der Waals surface area (Å²) in [6.45, 7) is 3.86. The molecule has 27 heavy (non-hydrogen) atoms. The van der Waals surface area contributed by atoms with Crippen molar-refractivity contribution in [2.45, 2.75) is 20.5 Å². The maximum Gasteiger partial charge on any atom is 0.338 e. The van der Waals surface area contributed by atoms with E-state index in [1.165, 1.54) is 51.7 Å². The smallest absolute Gasteiger partial charge is 0.338 e. The van der Waals surface area contributed by atoms with E-state index in [0.717, 1.165) is 0 Å². The summed E-state index contributed by atoms with van der Waals surface area (Å²) >= 11 is 1.32. The average molecular weight is 394 g/mol. The third-order valence-electron chi connectivity index (χ3n) is 3.72. The topological polar surface area (TPSA) is 87.2 Å². The van der Waals surface area contributed by atoms with Crippen LogP contribution in [0.3, 0.4) is 0 Å². The molecule has 0 aliphatic heterocycles. The number of carbonyl (C=O) groups is 2. The zero-order valence-electron chi connectivity index (χ0n) is 15.9. The van der Waals surface area contributed by atoms with E-state index in [0.29, 0.717) is 34.6 Å². The summed E-state index contributed by atoms with van der Waals surface area (Å²) in [5, 5.41) is 2.33. The number of hydrogen-bond acceptors (Lipinski definition) is 8. The van der Waals surface area contributed by atoms with Crippen LogP contribution in [0.5, 0.6) is 17.2 Å². The van der Waals surface area contributed by atoms with Crippen molar-refractivity contribution in [3.63, 3.8) is 0 Å². The van der Waals surface area contributed by atoms with Crippen LogP contribution in [0, 0.1) is 0 Å². The second-order valence-corrected chi connectivity index (χ2v) is 6.21. The minimum Gasteiger partial charge on any atom is -0.493 e. The number of hydrogen-bond donors (Lipinski definition) is 0. The van der Waals surface area contributed by atoms with E-state index in [1.807, 2.05) is 6.92 Å². The number of anilines is 1. The van der Waals surface area contributed by atoms with Gasteiger partial charge in [-0.15, -0.1) is 11.3 Å². The van der Waals surface area contributed by atoms with Crippen molar-refractivity contribution in [1.29, 1.82) is 0 Å². The van der Waals surface area contributed by atoms with Crippen LogP contribution in [-0.4, -0.2) is 44.7 Å². The summed E-state index contributed by atoms with van der Waals surface area (Å²) in [5.41, 5.74) is 0.828. The van der Waals surface area contributed by atoms with Gasteiger partial charge in [-0.2, -0.15) is 0 Å². The average Bonchev–Trinajstić information content (AvgIpc) is 3.13. The van der Waals surface area contributed by atoms with E-state index in [1.54, 1.807) is 10.3 Å². The van der Waals surface area contributed by atoms with Gasteiger partial charge in [-0.05, 0) is 19.1 Å². The van der Waals surface area contributed by atoms with E-state index in [9.17, 15) is 9.59 Å². The lowest BCUT2D eigenvalue weighted by molar-refractivity contribution is -0.116. The molecule has 1 aromatic carbocycles. The van der Waals surface area contributed by atoms with E-state index in [4.69, 9.17) is 18.9 Å².